The fourth-order valence-corrected chi connectivity index (χ4v) is 3.76. The summed E-state index contributed by atoms with van der Waals surface area (Å²) in [4.78, 5) is 13.3. The van der Waals surface area contributed by atoms with Crippen LogP contribution in [0.3, 0.4) is 0 Å². The molecule has 3 rings (SSSR count). The molecule has 1 heterocycles. The summed E-state index contributed by atoms with van der Waals surface area (Å²) in [6.45, 7) is 5.09. The van der Waals surface area contributed by atoms with Crippen molar-refractivity contribution in [1.29, 1.82) is 0 Å². The van der Waals surface area contributed by atoms with E-state index in [0.717, 1.165) is 23.2 Å². The molecule has 4 heteroatoms. The Morgan fingerprint density at radius 1 is 1.43 bits per heavy atom. The first-order chi connectivity index (χ1) is 9.88. The van der Waals surface area contributed by atoms with E-state index >= 15 is 0 Å². The van der Waals surface area contributed by atoms with E-state index in [9.17, 15) is 9.90 Å². The van der Waals surface area contributed by atoms with Crippen molar-refractivity contribution in [2.24, 2.45) is 11.3 Å². The van der Waals surface area contributed by atoms with E-state index in [0.29, 0.717) is 12.5 Å². The van der Waals surface area contributed by atoms with Gasteiger partial charge in [-0.25, -0.2) is 4.79 Å². The van der Waals surface area contributed by atoms with Gasteiger partial charge in [0.2, 0.25) is 0 Å². The minimum absolute atomic E-state index is 0.0762. The van der Waals surface area contributed by atoms with Crippen LogP contribution in [-0.4, -0.2) is 23.1 Å². The highest BCUT2D eigenvalue weighted by Crippen LogP contribution is 2.48. The lowest BCUT2D eigenvalue weighted by molar-refractivity contribution is 0.0531. The molecule has 0 bridgehead atoms. The average molecular weight is 288 g/mol. The van der Waals surface area contributed by atoms with E-state index in [4.69, 9.17) is 0 Å². The molecule has 1 aromatic carbocycles. The van der Waals surface area contributed by atoms with Gasteiger partial charge in [-0.15, -0.1) is 0 Å². The van der Waals surface area contributed by atoms with Crippen LogP contribution in [0.2, 0.25) is 0 Å². The number of urea groups is 1. The van der Waals surface area contributed by atoms with Crippen molar-refractivity contribution in [2.75, 3.05) is 12.4 Å². The number of hydrogen-bond donors (Lipinski definition) is 2. The van der Waals surface area contributed by atoms with Gasteiger partial charge < -0.3 is 15.3 Å². The number of amides is 2. The highest BCUT2D eigenvalue weighted by Gasteiger charge is 2.39. The fourth-order valence-electron chi connectivity index (χ4n) is 3.76. The van der Waals surface area contributed by atoms with E-state index in [1.54, 1.807) is 11.9 Å². The van der Waals surface area contributed by atoms with Crippen molar-refractivity contribution in [1.82, 2.24) is 4.90 Å². The third-order valence-electron chi connectivity index (χ3n) is 5.19. The monoisotopic (exact) mass is 288 g/mol. The largest absolute Gasteiger partial charge is 0.388 e. The predicted molar refractivity (Wildman–Crippen MR) is 83.0 cm³/mol. The second kappa shape index (κ2) is 5.02. The number of aliphatic hydroxyl groups is 1. The number of hydrogen-bond acceptors (Lipinski definition) is 2. The summed E-state index contributed by atoms with van der Waals surface area (Å²) in [6, 6.07) is 5.84. The van der Waals surface area contributed by atoms with Gasteiger partial charge in [-0.1, -0.05) is 26.3 Å². The molecule has 2 N–H and O–H groups in total. The lowest BCUT2D eigenvalue weighted by Gasteiger charge is -2.32. The first-order valence-electron chi connectivity index (χ1n) is 7.71. The van der Waals surface area contributed by atoms with Crippen molar-refractivity contribution < 1.29 is 9.90 Å². The van der Waals surface area contributed by atoms with Crippen molar-refractivity contribution in [2.45, 2.75) is 45.8 Å². The molecule has 0 saturated heterocycles. The average Bonchev–Trinajstić information content (AvgIpc) is 2.78. The molecule has 4 nitrogen and oxygen atoms in total. The summed E-state index contributed by atoms with van der Waals surface area (Å²) < 4.78 is 0. The third-order valence-corrected chi connectivity index (χ3v) is 5.19. The Bertz CT molecular complexity index is 568. The Kier molecular flexibility index (Phi) is 3.44. The number of fused-ring (bicyclic) bond motifs is 1. The lowest BCUT2D eigenvalue weighted by atomic mass is 9.76. The maximum absolute atomic E-state index is 11.6. The molecule has 1 aliphatic carbocycles. The molecule has 1 aliphatic heterocycles. The van der Waals surface area contributed by atoms with E-state index in [-0.39, 0.29) is 11.4 Å². The number of aliphatic hydroxyl groups excluding tert-OH is 1. The number of nitrogens with zero attached hydrogens (tertiary/aromatic N) is 1. The SMILES string of the molecule is CN1Cc2cc(C(O)C3CCCC3(C)C)ccc2NC1=O. The highest BCUT2D eigenvalue weighted by molar-refractivity contribution is 5.92. The fraction of sp³-hybridized carbons (Fsp3) is 0.588. The molecule has 1 aromatic rings. The molecule has 0 aromatic heterocycles. The number of rotatable bonds is 2. The van der Waals surface area contributed by atoms with Crippen LogP contribution in [0, 0.1) is 11.3 Å². The molecule has 2 unspecified atom stereocenters. The van der Waals surface area contributed by atoms with Gasteiger partial charge in [0.25, 0.3) is 0 Å². The molecule has 21 heavy (non-hydrogen) atoms. The van der Waals surface area contributed by atoms with Gasteiger partial charge in [-0.05, 0) is 47.4 Å². The third kappa shape index (κ3) is 2.53. The van der Waals surface area contributed by atoms with Crippen molar-refractivity contribution in [3.05, 3.63) is 29.3 Å². The summed E-state index contributed by atoms with van der Waals surface area (Å²) in [7, 11) is 1.78. The summed E-state index contributed by atoms with van der Waals surface area (Å²) >= 11 is 0. The van der Waals surface area contributed by atoms with Gasteiger partial charge in [0.1, 0.15) is 0 Å². The summed E-state index contributed by atoms with van der Waals surface area (Å²) in [5, 5.41) is 13.6. The smallest absolute Gasteiger partial charge is 0.321 e. The van der Waals surface area contributed by atoms with Crippen molar-refractivity contribution in [3.63, 3.8) is 0 Å². The molecule has 114 valence electrons. The molecule has 2 aliphatic rings. The Balaban J connectivity index is 1.87. The number of carbonyl (C=O) groups is 1. The zero-order chi connectivity index (χ0) is 15.2. The number of anilines is 1. The maximum Gasteiger partial charge on any atom is 0.321 e. The maximum atomic E-state index is 11.6. The van der Waals surface area contributed by atoms with Crippen LogP contribution in [0.25, 0.3) is 0 Å². The molecule has 2 amide bonds. The summed E-state index contributed by atoms with van der Waals surface area (Å²) in [6.07, 6.45) is 3.04. The van der Waals surface area contributed by atoms with E-state index in [1.807, 2.05) is 18.2 Å². The Morgan fingerprint density at radius 2 is 2.19 bits per heavy atom. The number of benzene rings is 1. The first kappa shape index (κ1) is 14.4. The molecule has 0 spiro atoms. The summed E-state index contributed by atoms with van der Waals surface area (Å²) in [5.41, 5.74) is 3.10. The predicted octanol–water partition coefficient (Wildman–Crippen LogP) is 3.52. The zero-order valence-electron chi connectivity index (χ0n) is 13.0. The zero-order valence-corrected chi connectivity index (χ0v) is 13.0. The minimum atomic E-state index is -0.421. The molecule has 2 atom stereocenters. The Labute approximate surface area is 126 Å². The van der Waals surface area contributed by atoms with Gasteiger partial charge in [-0.3, -0.25) is 0 Å². The molecular weight excluding hydrogens is 264 g/mol. The number of nitrogens with one attached hydrogen (secondary N) is 1. The van der Waals surface area contributed by atoms with Crippen LogP contribution in [-0.2, 0) is 6.54 Å². The Morgan fingerprint density at radius 3 is 2.86 bits per heavy atom. The number of carbonyl (C=O) groups excluding carboxylic acids is 1. The van der Waals surface area contributed by atoms with Crippen LogP contribution in [0.15, 0.2) is 18.2 Å². The molecular formula is C17H24N2O2. The van der Waals surface area contributed by atoms with Gasteiger partial charge in [0.05, 0.1) is 6.10 Å². The van der Waals surface area contributed by atoms with Crippen molar-refractivity contribution in [3.8, 4) is 0 Å². The van der Waals surface area contributed by atoms with E-state index < -0.39 is 6.10 Å². The summed E-state index contributed by atoms with van der Waals surface area (Å²) in [5.74, 6) is 0.312. The second-order valence-corrected chi connectivity index (χ2v) is 7.13. The molecule has 1 saturated carbocycles. The lowest BCUT2D eigenvalue weighted by Crippen LogP contribution is -2.35. The van der Waals surface area contributed by atoms with Gasteiger partial charge >= 0.3 is 6.03 Å². The van der Waals surface area contributed by atoms with E-state index in [2.05, 4.69) is 19.2 Å². The Hall–Kier alpha value is -1.55. The molecule has 0 radical (unpaired) electrons. The van der Waals surface area contributed by atoms with Crippen LogP contribution in [0.5, 0.6) is 0 Å². The van der Waals surface area contributed by atoms with Crippen LogP contribution < -0.4 is 5.32 Å². The van der Waals surface area contributed by atoms with Crippen LogP contribution >= 0.6 is 0 Å². The first-order valence-corrected chi connectivity index (χ1v) is 7.71. The van der Waals surface area contributed by atoms with Gasteiger partial charge in [-0.2, -0.15) is 0 Å². The van der Waals surface area contributed by atoms with E-state index in [1.165, 1.54) is 12.8 Å². The quantitative estimate of drug-likeness (QED) is 0.874. The van der Waals surface area contributed by atoms with Gasteiger partial charge in [0, 0.05) is 19.3 Å². The van der Waals surface area contributed by atoms with Crippen LogP contribution in [0.4, 0.5) is 10.5 Å². The van der Waals surface area contributed by atoms with Crippen LogP contribution in [0.1, 0.15) is 50.3 Å². The topological polar surface area (TPSA) is 52.6 Å². The highest BCUT2D eigenvalue weighted by atomic mass is 16.3. The standard InChI is InChI=1S/C17H24N2O2/c1-17(2)8-4-5-13(17)15(20)11-6-7-14-12(9-11)10-19(3)16(21)18-14/h6-7,9,13,15,20H,4-5,8,10H2,1-3H3,(H,18,21). The molecule has 1 fully saturated rings. The second-order valence-electron chi connectivity index (χ2n) is 7.13. The van der Waals surface area contributed by atoms with Crippen molar-refractivity contribution >= 4 is 11.7 Å². The normalized spacial score (nSPS) is 25.4. The minimum Gasteiger partial charge on any atom is -0.388 e. The van der Waals surface area contributed by atoms with Gasteiger partial charge in [0.15, 0.2) is 0 Å².